The van der Waals surface area contributed by atoms with Crippen LogP contribution in [0, 0.1) is 0 Å². The molecule has 1 aliphatic rings. The van der Waals surface area contributed by atoms with Crippen LogP contribution in [0.5, 0.6) is 0 Å². The molecule has 18 heavy (non-hydrogen) atoms. The van der Waals surface area contributed by atoms with Crippen LogP contribution in [0.15, 0.2) is 18.2 Å². The molecule has 1 saturated carbocycles. The molecule has 1 aromatic carbocycles. The van der Waals surface area contributed by atoms with Gasteiger partial charge in [0, 0.05) is 18.3 Å². The van der Waals surface area contributed by atoms with Gasteiger partial charge in [-0.05, 0) is 38.0 Å². The SMILES string of the molecule is CCOC1CC(Nc2ccc(Cl)c(C(=O)O)c2)C1. The zero-order valence-electron chi connectivity index (χ0n) is 10.1. The molecule has 0 atom stereocenters. The molecule has 0 unspecified atom stereocenters. The van der Waals surface area contributed by atoms with E-state index in [-0.39, 0.29) is 10.6 Å². The van der Waals surface area contributed by atoms with Crippen LogP contribution in [0.25, 0.3) is 0 Å². The third-order valence-corrected chi connectivity index (χ3v) is 3.39. The standard InChI is InChI=1S/C13H16ClNO3/c1-2-18-10-5-9(6-10)15-8-3-4-12(14)11(7-8)13(16)17/h3-4,7,9-10,15H,2,5-6H2,1H3,(H,16,17). The fraction of sp³-hybridized carbons (Fsp3) is 0.462. The molecule has 98 valence electrons. The van der Waals surface area contributed by atoms with E-state index in [1.54, 1.807) is 18.2 Å². The summed E-state index contributed by atoms with van der Waals surface area (Å²) in [5.41, 5.74) is 0.916. The van der Waals surface area contributed by atoms with Gasteiger partial charge in [0.15, 0.2) is 0 Å². The maximum Gasteiger partial charge on any atom is 0.337 e. The third kappa shape index (κ3) is 2.94. The summed E-state index contributed by atoms with van der Waals surface area (Å²) in [4.78, 5) is 10.9. The molecular weight excluding hydrogens is 254 g/mol. The number of anilines is 1. The number of carboxylic acid groups (broad SMARTS) is 1. The quantitative estimate of drug-likeness (QED) is 0.863. The molecule has 2 N–H and O–H groups in total. The van der Waals surface area contributed by atoms with Crippen LogP contribution in [0.4, 0.5) is 5.69 Å². The van der Waals surface area contributed by atoms with E-state index in [4.69, 9.17) is 21.4 Å². The second-order valence-corrected chi connectivity index (χ2v) is 4.80. The smallest absolute Gasteiger partial charge is 0.337 e. The van der Waals surface area contributed by atoms with E-state index < -0.39 is 5.97 Å². The van der Waals surface area contributed by atoms with Crippen molar-refractivity contribution in [3.05, 3.63) is 28.8 Å². The number of ether oxygens (including phenoxy) is 1. The molecule has 0 spiro atoms. The van der Waals surface area contributed by atoms with Gasteiger partial charge in [0.1, 0.15) is 0 Å². The highest BCUT2D eigenvalue weighted by atomic mass is 35.5. The lowest BCUT2D eigenvalue weighted by molar-refractivity contribution is 0.00298. The van der Waals surface area contributed by atoms with Gasteiger partial charge in [-0.1, -0.05) is 11.6 Å². The zero-order valence-corrected chi connectivity index (χ0v) is 10.9. The van der Waals surface area contributed by atoms with Crippen LogP contribution in [0.1, 0.15) is 30.1 Å². The van der Waals surface area contributed by atoms with Crippen LogP contribution < -0.4 is 5.32 Å². The highest BCUT2D eigenvalue weighted by Crippen LogP contribution is 2.28. The molecular formula is C13H16ClNO3. The van der Waals surface area contributed by atoms with Gasteiger partial charge in [0.25, 0.3) is 0 Å². The summed E-state index contributed by atoms with van der Waals surface area (Å²) in [6.45, 7) is 2.72. The summed E-state index contributed by atoms with van der Waals surface area (Å²) in [5.74, 6) is -1.01. The van der Waals surface area contributed by atoms with Gasteiger partial charge >= 0.3 is 5.97 Å². The minimum Gasteiger partial charge on any atom is -0.478 e. The summed E-state index contributed by atoms with van der Waals surface area (Å²) < 4.78 is 5.47. The van der Waals surface area contributed by atoms with Gasteiger partial charge in [-0.15, -0.1) is 0 Å². The molecule has 0 aliphatic heterocycles. The second-order valence-electron chi connectivity index (χ2n) is 4.39. The molecule has 1 aliphatic carbocycles. The van der Waals surface area contributed by atoms with Crippen molar-refractivity contribution < 1.29 is 14.6 Å². The highest BCUT2D eigenvalue weighted by Gasteiger charge is 2.29. The van der Waals surface area contributed by atoms with E-state index in [0.29, 0.717) is 12.1 Å². The number of carboxylic acids is 1. The molecule has 0 heterocycles. The second kappa shape index (κ2) is 5.59. The summed E-state index contributed by atoms with van der Waals surface area (Å²) in [7, 11) is 0. The van der Waals surface area contributed by atoms with Gasteiger partial charge in [0.05, 0.1) is 16.7 Å². The summed E-state index contributed by atoms with van der Waals surface area (Å²) >= 11 is 5.81. The number of hydrogen-bond donors (Lipinski definition) is 2. The Labute approximate surface area is 111 Å². The number of nitrogens with one attached hydrogen (secondary N) is 1. The summed E-state index contributed by atoms with van der Waals surface area (Å²) in [6, 6.07) is 5.32. The van der Waals surface area contributed by atoms with E-state index in [0.717, 1.165) is 25.1 Å². The van der Waals surface area contributed by atoms with E-state index in [1.165, 1.54) is 0 Å². The summed E-state index contributed by atoms with van der Waals surface area (Å²) in [5, 5.41) is 12.5. The zero-order chi connectivity index (χ0) is 13.1. The lowest BCUT2D eigenvalue weighted by atomic mass is 9.89. The van der Waals surface area contributed by atoms with Crippen LogP contribution >= 0.6 is 11.6 Å². The Balaban J connectivity index is 1.95. The Morgan fingerprint density at radius 2 is 2.28 bits per heavy atom. The van der Waals surface area contributed by atoms with Crippen LogP contribution in [-0.2, 0) is 4.74 Å². The molecule has 1 fully saturated rings. The molecule has 0 amide bonds. The van der Waals surface area contributed by atoms with E-state index >= 15 is 0 Å². The predicted molar refractivity (Wildman–Crippen MR) is 70.5 cm³/mol. The predicted octanol–water partition coefficient (Wildman–Crippen LogP) is 3.02. The van der Waals surface area contributed by atoms with Crippen molar-refractivity contribution in [3.63, 3.8) is 0 Å². The molecule has 0 radical (unpaired) electrons. The molecule has 1 aromatic rings. The first-order chi connectivity index (χ1) is 8.60. The molecule has 0 saturated heterocycles. The largest absolute Gasteiger partial charge is 0.478 e. The van der Waals surface area contributed by atoms with E-state index in [1.807, 2.05) is 6.92 Å². The number of benzene rings is 1. The van der Waals surface area contributed by atoms with E-state index in [2.05, 4.69) is 5.32 Å². The van der Waals surface area contributed by atoms with Crippen LogP contribution in [0.2, 0.25) is 5.02 Å². The van der Waals surface area contributed by atoms with Crippen molar-refractivity contribution in [1.29, 1.82) is 0 Å². The maximum absolute atomic E-state index is 10.9. The normalized spacial score (nSPS) is 22.3. The van der Waals surface area contributed by atoms with Crippen LogP contribution in [-0.4, -0.2) is 29.8 Å². The van der Waals surface area contributed by atoms with Crippen molar-refractivity contribution in [3.8, 4) is 0 Å². The number of aromatic carboxylic acids is 1. The summed E-state index contributed by atoms with van der Waals surface area (Å²) in [6.07, 6.45) is 2.25. The lowest BCUT2D eigenvalue weighted by Crippen LogP contribution is -2.40. The first-order valence-electron chi connectivity index (χ1n) is 6.01. The third-order valence-electron chi connectivity index (χ3n) is 3.06. The fourth-order valence-corrected chi connectivity index (χ4v) is 2.27. The first kappa shape index (κ1) is 13.2. The molecule has 0 bridgehead atoms. The highest BCUT2D eigenvalue weighted by molar-refractivity contribution is 6.33. The first-order valence-corrected chi connectivity index (χ1v) is 6.39. The van der Waals surface area contributed by atoms with Crippen molar-refractivity contribution >= 4 is 23.3 Å². The monoisotopic (exact) mass is 269 g/mol. The maximum atomic E-state index is 10.9. The van der Waals surface area contributed by atoms with Gasteiger partial charge in [-0.3, -0.25) is 0 Å². The molecule has 2 rings (SSSR count). The minimum atomic E-state index is -1.01. The van der Waals surface area contributed by atoms with E-state index in [9.17, 15) is 4.79 Å². The van der Waals surface area contributed by atoms with Gasteiger partial charge in [-0.2, -0.15) is 0 Å². The van der Waals surface area contributed by atoms with Crippen LogP contribution in [0.3, 0.4) is 0 Å². The average Bonchev–Trinajstić information content (AvgIpc) is 2.28. The molecule has 4 nitrogen and oxygen atoms in total. The van der Waals surface area contributed by atoms with Gasteiger partial charge in [0.2, 0.25) is 0 Å². The number of hydrogen-bond acceptors (Lipinski definition) is 3. The van der Waals surface area contributed by atoms with Crippen molar-refractivity contribution in [2.24, 2.45) is 0 Å². The van der Waals surface area contributed by atoms with Crippen molar-refractivity contribution in [1.82, 2.24) is 0 Å². The molecule has 5 heteroatoms. The lowest BCUT2D eigenvalue weighted by Gasteiger charge is -2.36. The Morgan fingerprint density at radius 3 is 2.89 bits per heavy atom. The Bertz CT molecular complexity index is 444. The average molecular weight is 270 g/mol. The Morgan fingerprint density at radius 1 is 1.56 bits per heavy atom. The minimum absolute atomic E-state index is 0.127. The van der Waals surface area contributed by atoms with Crippen molar-refractivity contribution in [2.75, 3.05) is 11.9 Å². The number of halogens is 1. The Hall–Kier alpha value is -1.26. The van der Waals surface area contributed by atoms with Crippen molar-refractivity contribution in [2.45, 2.75) is 31.9 Å². The number of carbonyl (C=O) groups is 1. The number of rotatable bonds is 5. The molecule has 0 aromatic heterocycles. The van der Waals surface area contributed by atoms with Gasteiger partial charge in [-0.25, -0.2) is 4.79 Å². The fourth-order valence-electron chi connectivity index (χ4n) is 2.07. The topological polar surface area (TPSA) is 58.6 Å². The van der Waals surface area contributed by atoms with Gasteiger partial charge < -0.3 is 15.2 Å². The Kier molecular flexibility index (Phi) is 4.09.